The van der Waals surface area contributed by atoms with Crippen molar-refractivity contribution >= 4 is 33.5 Å². The fourth-order valence-corrected chi connectivity index (χ4v) is 2.38. The Bertz CT molecular complexity index is 930. The topological polar surface area (TPSA) is 118 Å². The largest absolute Gasteiger partial charge is 0.595 e. The molecule has 0 bridgehead atoms. The van der Waals surface area contributed by atoms with Gasteiger partial charge in [-0.25, -0.2) is 10.0 Å². The van der Waals surface area contributed by atoms with E-state index in [0.29, 0.717) is 10.9 Å². The first-order chi connectivity index (χ1) is 10.0. The minimum absolute atomic E-state index is 0.0195. The van der Waals surface area contributed by atoms with Crippen LogP contribution in [0.1, 0.15) is 10.4 Å². The number of quaternary nitrogens is 1. The fraction of sp³-hybridized carbons (Fsp3) is 0. The van der Waals surface area contributed by atoms with E-state index in [1.807, 2.05) is 0 Å². The Hall–Kier alpha value is -2.74. The molecular formula is C14H10N2O5. The number of rotatable bonds is 2. The normalized spacial score (nSPS) is 12.7. The monoisotopic (exact) mass is 286 g/mol. The van der Waals surface area contributed by atoms with Crippen LogP contribution in [-0.4, -0.2) is 21.3 Å². The lowest BCUT2D eigenvalue weighted by Crippen LogP contribution is -2.99. The van der Waals surface area contributed by atoms with Crippen molar-refractivity contribution in [2.24, 2.45) is 0 Å². The number of nitrogens with one attached hydrogen (secondary N) is 2. The van der Waals surface area contributed by atoms with Gasteiger partial charge < -0.3 is 15.3 Å². The predicted molar refractivity (Wildman–Crippen MR) is 74.8 cm³/mol. The highest BCUT2D eigenvalue weighted by Gasteiger charge is 2.19. The maximum Gasteiger partial charge on any atom is 0.337 e. The minimum Gasteiger partial charge on any atom is -0.595 e. The first-order valence-corrected chi connectivity index (χ1v) is 6.05. The van der Waals surface area contributed by atoms with E-state index in [4.69, 9.17) is 0 Å². The number of carbonyl (C=O) groups is 1. The number of carboxylic acids is 1. The van der Waals surface area contributed by atoms with Gasteiger partial charge in [-0.2, -0.15) is 5.23 Å². The van der Waals surface area contributed by atoms with Crippen molar-refractivity contribution in [3.05, 3.63) is 57.4 Å². The van der Waals surface area contributed by atoms with Gasteiger partial charge in [0.2, 0.25) is 5.43 Å². The summed E-state index contributed by atoms with van der Waals surface area (Å²) in [6.07, 6.45) is 0. The van der Waals surface area contributed by atoms with Crippen LogP contribution in [0.25, 0.3) is 21.8 Å². The number of aromatic amines is 1. The number of para-hydroxylation sites is 1. The molecule has 0 saturated heterocycles. The number of hydrogen-bond donors (Lipinski definition) is 4. The van der Waals surface area contributed by atoms with E-state index in [2.05, 4.69) is 4.98 Å². The average Bonchev–Trinajstić information content (AvgIpc) is 2.46. The summed E-state index contributed by atoms with van der Waals surface area (Å²) < 4.78 is 0. The summed E-state index contributed by atoms with van der Waals surface area (Å²) in [7, 11) is 0. The zero-order valence-corrected chi connectivity index (χ0v) is 10.6. The molecule has 3 aromatic rings. The Morgan fingerprint density at radius 3 is 2.57 bits per heavy atom. The Morgan fingerprint density at radius 1 is 1.19 bits per heavy atom. The second-order valence-electron chi connectivity index (χ2n) is 4.52. The van der Waals surface area contributed by atoms with Crippen LogP contribution in [0.2, 0.25) is 0 Å². The molecule has 0 spiro atoms. The van der Waals surface area contributed by atoms with Gasteiger partial charge in [-0.1, -0.05) is 12.1 Å². The number of benzene rings is 2. The number of pyridine rings is 1. The second-order valence-corrected chi connectivity index (χ2v) is 4.52. The van der Waals surface area contributed by atoms with Crippen molar-refractivity contribution in [1.29, 1.82) is 0 Å². The van der Waals surface area contributed by atoms with Crippen molar-refractivity contribution in [3.8, 4) is 0 Å². The third-order valence-corrected chi connectivity index (χ3v) is 3.32. The van der Waals surface area contributed by atoms with Crippen molar-refractivity contribution in [1.82, 2.24) is 4.98 Å². The molecule has 2 aromatic carbocycles. The third-order valence-electron chi connectivity index (χ3n) is 3.32. The number of fused-ring (bicyclic) bond motifs is 2. The summed E-state index contributed by atoms with van der Waals surface area (Å²) in [5.41, 5.74) is -0.383. The zero-order chi connectivity index (χ0) is 15.1. The second kappa shape index (κ2) is 4.67. The molecule has 0 aliphatic rings. The molecule has 1 unspecified atom stereocenters. The van der Waals surface area contributed by atoms with E-state index in [9.17, 15) is 25.1 Å². The highest BCUT2D eigenvalue weighted by atomic mass is 16.8. The maximum absolute atomic E-state index is 12.5. The highest BCUT2D eigenvalue weighted by Crippen LogP contribution is 2.23. The van der Waals surface area contributed by atoms with E-state index >= 15 is 0 Å². The van der Waals surface area contributed by atoms with Gasteiger partial charge in [-0.3, -0.25) is 4.79 Å². The summed E-state index contributed by atoms with van der Waals surface area (Å²) in [4.78, 5) is 26.6. The lowest BCUT2D eigenvalue weighted by atomic mass is 10.0. The summed E-state index contributed by atoms with van der Waals surface area (Å²) in [6, 6.07) is 8.87. The summed E-state index contributed by atoms with van der Waals surface area (Å²) in [6.45, 7) is 0. The number of hydrogen-bond acceptors (Lipinski definition) is 4. The standard InChI is InChI=1S/C14H10N2O5/c17-13-7-3-1-2-4-9(7)15-12-8(14(18)19)5-6-10(11(12)13)16(20)21/h1-6,16,20H,(H,15,17)(H,18,19). The molecule has 1 heterocycles. The van der Waals surface area contributed by atoms with Crippen LogP contribution in [-0.2, 0) is 0 Å². The Balaban J connectivity index is 2.61. The number of aromatic nitrogens is 1. The maximum atomic E-state index is 12.5. The summed E-state index contributed by atoms with van der Waals surface area (Å²) in [5, 5.41) is 28.6. The Labute approximate surface area is 117 Å². The average molecular weight is 286 g/mol. The van der Waals surface area contributed by atoms with Crippen LogP contribution in [0, 0.1) is 5.21 Å². The van der Waals surface area contributed by atoms with Gasteiger partial charge in [0, 0.05) is 17.0 Å². The quantitative estimate of drug-likeness (QED) is 0.410. The predicted octanol–water partition coefficient (Wildman–Crippen LogP) is 0.783. The van der Waals surface area contributed by atoms with Crippen molar-refractivity contribution in [2.75, 3.05) is 0 Å². The van der Waals surface area contributed by atoms with Gasteiger partial charge in [0.1, 0.15) is 5.39 Å². The van der Waals surface area contributed by atoms with Gasteiger partial charge in [0.15, 0.2) is 5.69 Å². The van der Waals surface area contributed by atoms with Crippen LogP contribution >= 0.6 is 0 Å². The van der Waals surface area contributed by atoms with Gasteiger partial charge >= 0.3 is 5.97 Å². The molecule has 3 rings (SSSR count). The lowest BCUT2D eigenvalue weighted by Gasteiger charge is -2.15. The molecule has 21 heavy (non-hydrogen) atoms. The van der Waals surface area contributed by atoms with E-state index in [-0.39, 0.29) is 22.2 Å². The van der Waals surface area contributed by atoms with E-state index in [1.165, 1.54) is 6.07 Å². The van der Waals surface area contributed by atoms with Crippen LogP contribution in [0.15, 0.2) is 41.2 Å². The molecule has 0 aliphatic heterocycles. The van der Waals surface area contributed by atoms with Crippen LogP contribution in [0.4, 0.5) is 5.69 Å². The molecule has 0 amide bonds. The molecule has 106 valence electrons. The van der Waals surface area contributed by atoms with Gasteiger partial charge in [-0.05, 0) is 18.2 Å². The third kappa shape index (κ3) is 1.96. The molecular weight excluding hydrogens is 276 g/mol. The number of aromatic carboxylic acids is 1. The van der Waals surface area contributed by atoms with Crippen molar-refractivity contribution in [3.63, 3.8) is 0 Å². The first kappa shape index (κ1) is 13.3. The molecule has 1 atom stereocenters. The first-order valence-electron chi connectivity index (χ1n) is 6.05. The van der Waals surface area contributed by atoms with E-state index < -0.39 is 16.6 Å². The summed E-state index contributed by atoms with van der Waals surface area (Å²) in [5.74, 6) is -1.23. The van der Waals surface area contributed by atoms with E-state index in [1.54, 1.807) is 24.3 Å². The molecule has 0 radical (unpaired) electrons. The van der Waals surface area contributed by atoms with Crippen LogP contribution in [0.3, 0.4) is 0 Å². The smallest absolute Gasteiger partial charge is 0.337 e. The molecule has 0 saturated carbocycles. The number of H-pyrrole nitrogens is 1. The molecule has 0 fully saturated rings. The number of carboxylic acid groups (broad SMARTS) is 1. The molecule has 7 nitrogen and oxygen atoms in total. The van der Waals surface area contributed by atoms with Gasteiger partial charge in [0.05, 0.1) is 11.1 Å². The fourth-order valence-electron chi connectivity index (χ4n) is 2.38. The molecule has 7 heteroatoms. The minimum atomic E-state index is -1.28. The Morgan fingerprint density at radius 2 is 1.90 bits per heavy atom. The Kier molecular flexibility index (Phi) is 2.95. The summed E-state index contributed by atoms with van der Waals surface area (Å²) >= 11 is 0. The van der Waals surface area contributed by atoms with Crippen LogP contribution in [0.5, 0.6) is 0 Å². The van der Waals surface area contributed by atoms with Gasteiger partial charge in [-0.15, -0.1) is 0 Å². The molecule has 4 N–H and O–H groups in total. The van der Waals surface area contributed by atoms with E-state index in [0.717, 1.165) is 6.07 Å². The van der Waals surface area contributed by atoms with Crippen molar-refractivity contribution in [2.45, 2.75) is 0 Å². The van der Waals surface area contributed by atoms with Crippen LogP contribution < -0.4 is 10.7 Å². The van der Waals surface area contributed by atoms with Gasteiger partial charge in [0.25, 0.3) is 0 Å². The SMILES string of the molecule is O=C(O)c1ccc([NH+]([O-])O)c2c(=O)c3ccccc3[nH]c12. The zero-order valence-electron chi connectivity index (χ0n) is 10.6. The highest BCUT2D eigenvalue weighted by molar-refractivity contribution is 6.07. The molecule has 1 aromatic heterocycles. The lowest BCUT2D eigenvalue weighted by molar-refractivity contribution is -0.990. The van der Waals surface area contributed by atoms with Crippen molar-refractivity contribution < 1.29 is 20.3 Å². The molecule has 0 aliphatic carbocycles.